The van der Waals surface area contributed by atoms with Crippen molar-refractivity contribution in [3.05, 3.63) is 53.6 Å². The van der Waals surface area contributed by atoms with E-state index >= 15 is 0 Å². The van der Waals surface area contributed by atoms with Crippen LogP contribution in [0.25, 0.3) is 0 Å². The zero-order valence-electron chi connectivity index (χ0n) is 13.3. The van der Waals surface area contributed by atoms with Crippen LogP contribution in [-0.4, -0.2) is 29.2 Å². The third-order valence-electron chi connectivity index (χ3n) is 3.20. The van der Waals surface area contributed by atoms with Crippen molar-refractivity contribution in [3.63, 3.8) is 0 Å². The highest BCUT2D eigenvalue weighted by Gasteiger charge is 2.09. The summed E-state index contributed by atoms with van der Waals surface area (Å²) >= 11 is 10.4. The topological polar surface area (TPSA) is 35.5 Å². The second-order valence-corrected chi connectivity index (χ2v) is 6.19. The minimum Gasteiger partial charge on any atom is -0.378 e. The van der Waals surface area contributed by atoms with E-state index in [0.29, 0.717) is 0 Å². The highest BCUT2D eigenvalue weighted by molar-refractivity contribution is 7.81. The van der Waals surface area contributed by atoms with Gasteiger partial charge in [0.05, 0.1) is 0 Å². The van der Waals surface area contributed by atoms with Crippen molar-refractivity contribution in [2.45, 2.75) is 13.8 Å². The fraction of sp³-hybridized carbons (Fsp3) is 0.294. The van der Waals surface area contributed by atoms with Crippen LogP contribution in [0.2, 0.25) is 0 Å². The number of nitrogens with zero attached hydrogens (tertiary/aromatic N) is 1. The van der Waals surface area contributed by atoms with Crippen LogP contribution in [0, 0.1) is 5.92 Å². The van der Waals surface area contributed by atoms with Gasteiger partial charge in [-0.05, 0) is 30.7 Å². The first kappa shape index (κ1) is 18.5. The zero-order chi connectivity index (χ0) is 16.7. The lowest BCUT2D eigenvalue weighted by atomic mass is 9.98. The van der Waals surface area contributed by atoms with Crippen molar-refractivity contribution in [2.75, 3.05) is 19.0 Å². The van der Waals surface area contributed by atoms with Crippen LogP contribution in [0.4, 0.5) is 5.69 Å². The predicted molar refractivity (Wildman–Crippen MR) is 102 cm³/mol. The average molecular weight is 335 g/mol. The van der Waals surface area contributed by atoms with Crippen LogP contribution in [0.5, 0.6) is 0 Å². The van der Waals surface area contributed by atoms with Crippen LogP contribution in [0.3, 0.4) is 0 Å². The van der Waals surface area contributed by atoms with E-state index in [1.165, 1.54) is 0 Å². The Morgan fingerprint density at radius 2 is 1.77 bits per heavy atom. The molecule has 0 saturated carbocycles. The maximum absolute atomic E-state index is 8.64. The van der Waals surface area contributed by atoms with Gasteiger partial charge in [0.25, 0.3) is 0 Å². The van der Waals surface area contributed by atoms with Crippen molar-refractivity contribution in [2.24, 2.45) is 5.92 Å². The molecule has 0 aromatic heterocycles. The number of allylic oxidation sites excluding steroid dienone is 3. The van der Waals surface area contributed by atoms with Crippen molar-refractivity contribution >= 4 is 40.0 Å². The quantitative estimate of drug-likeness (QED) is 0.271. The molecule has 0 aliphatic rings. The molecule has 0 bridgehead atoms. The van der Waals surface area contributed by atoms with Crippen molar-refractivity contribution in [3.8, 4) is 0 Å². The molecule has 1 atom stereocenters. The lowest BCUT2D eigenvalue weighted by Gasteiger charge is -2.14. The van der Waals surface area contributed by atoms with E-state index in [0.717, 1.165) is 21.7 Å². The Labute approximate surface area is 143 Å². The second-order valence-electron chi connectivity index (χ2n) is 5.31. The summed E-state index contributed by atoms with van der Waals surface area (Å²) in [6.45, 7) is 4.05. The maximum atomic E-state index is 8.64. The standard InChI is InChI=1S/C17H22N2OS2/c1-12(5-10-16(21)18-20)11-13(2)17(22)14-6-8-15(9-7-14)19(3)4/h5-11,13,20H,1-4H3,(H,18,21)/b10-5+,12-11+/t13-/m1/s1. The molecule has 118 valence electrons. The summed E-state index contributed by atoms with van der Waals surface area (Å²) in [7, 11) is 4.03. The van der Waals surface area contributed by atoms with Crippen LogP contribution in [0.15, 0.2) is 48.1 Å². The molecule has 22 heavy (non-hydrogen) atoms. The highest BCUT2D eigenvalue weighted by Crippen LogP contribution is 2.17. The van der Waals surface area contributed by atoms with E-state index in [2.05, 4.69) is 42.2 Å². The molecular formula is C17H22N2OS2. The van der Waals surface area contributed by atoms with Crippen LogP contribution in [0.1, 0.15) is 19.4 Å². The number of anilines is 1. The zero-order valence-corrected chi connectivity index (χ0v) is 15.0. The van der Waals surface area contributed by atoms with Gasteiger partial charge in [0.15, 0.2) is 0 Å². The van der Waals surface area contributed by atoms with Gasteiger partial charge < -0.3 is 4.90 Å². The number of hydroxylamine groups is 1. The molecule has 0 unspecified atom stereocenters. The minimum absolute atomic E-state index is 0.139. The molecule has 0 heterocycles. The molecule has 3 nitrogen and oxygen atoms in total. The number of nitrogens with one attached hydrogen (secondary N) is 1. The molecule has 1 rings (SSSR count). The van der Waals surface area contributed by atoms with E-state index in [4.69, 9.17) is 29.6 Å². The summed E-state index contributed by atoms with van der Waals surface area (Å²) in [5, 5.41) is 8.64. The monoisotopic (exact) mass is 334 g/mol. The Morgan fingerprint density at radius 3 is 2.27 bits per heavy atom. The number of thiocarbonyl (C=S) groups is 2. The summed E-state index contributed by atoms with van der Waals surface area (Å²) in [5.41, 5.74) is 5.18. The number of hydrogen-bond donors (Lipinski definition) is 2. The number of hydrogen-bond acceptors (Lipinski definition) is 4. The lowest BCUT2D eigenvalue weighted by Crippen LogP contribution is -2.12. The van der Waals surface area contributed by atoms with E-state index < -0.39 is 0 Å². The van der Waals surface area contributed by atoms with Crippen LogP contribution >= 0.6 is 24.4 Å². The molecule has 1 aromatic rings. The molecule has 0 fully saturated rings. The fourth-order valence-corrected chi connectivity index (χ4v) is 2.23. The maximum Gasteiger partial charge on any atom is 0.123 e. The molecular weight excluding hydrogens is 312 g/mol. The first-order valence-corrected chi connectivity index (χ1v) is 7.79. The third kappa shape index (κ3) is 5.67. The van der Waals surface area contributed by atoms with Gasteiger partial charge in [0, 0.05) is 30.6 Å². The van der Waals surface area contributed by atoms with Gasteiger partial charge in [0.2, 0.25) is 0 Å². The number of benzene rings is 1. The van der Waals surface area contributed by atoms with Gasteiger partial charge >= 0.3 is 0 Å². The average Bonchev–Trinajstić information content (AvgIpc) is 2.51. The molecule has 2 N–H and O–H groups in total. The Kier molecular flexibility index (Phi) is 7.38. The van der Waals surface area contributed by atoms with Crippen molar-refractivity contribution < 1.29 is 5.21 Å². The molecule has 0 radical (unpaired) electrons. The van der Waals surface area contributed by atoms with E-state index in [1.54, 1.807) is 6.08 Å². The van der Waals surface area contributed by atoms with E-state index in [1.807, 2.05) is 32.6 Å². The van der Waals surface area contributed by atoms with Gasteiger partial charge in [-0.15, -0.1) is 0 Å². The lowest BCUT2D eigenvalue weighted by molar-refractivity contribution is 0.238. The molecule has 0 aliphatic carbocycles. The normalized spacial score (nSPS) is 13.0. The summed E-state index contributed by atoms with van der Waals surface area (Å²) in [6, 6.07) is 8.24. The van der Waals surface area contributed by atoms with Gasteiger partial charge in [-0.3, -0.25) is 10.7 Å². The molecule has 0 saturated heterocycles. The van der Waals surface area contributed by atoms with E-state index in [-0.39, 0.29) is 10.9 Å². The first-order chi connectivity index (χ1) is 10.3. The summed E-state index contributed by atoms with van der Waals surface area (Å²) in [5.74, 6) is 0.139. The van der Waals surface area contributed by atoms with Gasteiger partial charge in [-0.25, -0.2) is 0 Å². The molecule has 0 spiro atoms. The highest BCUT2D eigenvalue weighted by atomic mass is 32.1. The smallest absolute Gasteiger partial charge is 0.123 e. The van der Waals surface area contributed by atoms with Crippen molar-refractivity contribution in [1.29, 1.82) is 0 Å². The molecule has 5 heteroatoms. The first-order valence-electron chi connectivity index (χ1n) is 6.97. The number of rotatable bonds is 6. The summed E-state index contributed by atoms with van der Waals surface area (Å²) in [6.07, 6.45) is 5.57. The van der Waals surface area contributed by atoms with Gasteiger partial charge in [-0.2, -0.15) is 0 Å². The van der Waals surface area contributed by atoms with Gasteiger partial charge in [-0.1, -0.05) is 61.2 Å². The summed E-state index contributed by atoms with van der Waals surface area (Å²) < 4.78 is 0. The SMILES string of the molecule is CC(/C=C/C(=S)NO)=C\[C@@H](C)C(=S)c1ccc(N(C)C)cc1. The van der Waals surface area contributed by atoms with E-state index in [9.17, 15) is 0 Å². The molecule has 0 aliphatic heterocycles. The Bertz CT molecular complexity index is 589. The Balaban J connectivity index is 2.79. The third-order valence-corrected chi connectivity index (χ3v) is 4.04. The van der Waals surface area contributed by atoms with Crippen LogP contribution < -0.4 is 10.4 Å². The van der Waals surface area contributed by atoms with Gasteiger partial charge in [0.1, 0.15) is 4.99 Å². The molecule has 1 aromatic carbocycles. The Morgan fingerprint density at radius 1 is 1.18 bits per heavy atom. The largest absolute Gasteiger partial charge is 0.378 e. The van der Waals surface area contributed by atoms with Crippen molar-refractivity contribution in [1.82, 2.24) is 5.48 Å². The van der Waals surface area contributed by atoms with Crippen LogP contribution in [-0.2, 0) is 0 Å². The fourth-order valence-electron chi connectivity index (χ4n) is 1.96. The summed E-state index contributed by atoms with van der Waals surface area (Å²) in [4.78, 5) is 3.24. The second kappa shape index (κ2) is 8.78. The Hall–Kier alpha value is -1.56. The minimum atomic E-state index is 0.139. The molecule has 0 amide bonds. The predicted octanol–water partition coefficient (Wildman–Crippen LogP) is 3.92.